The lowest BCUT2D eigenvalue weighted by Gasteiger charge is -2.17. The van der Waals surface area contributed by atoms with Crippen LogP contribution < -0.4 is 9.46 Å². The third-order valence-electron chi connectivity index (χ3n) is 4.08. The first-order valence-electron chi connectivity index (χ1n) is 7.69. The van der Waals surface area contributed by atoms with Crippen molar-refractivity contribution in [3.05, 3.63) is 59.2 Å². The fraction of sp³-hybridized carbons (Fsp3) is 0.278. The zero-order chi connectivity index (χ0) is 18.6. The molecular weight excluding hydrogens is 342 g/mol. The topological polar surface area (TPSA) is 92.7 Å². The summed E-state index contributed by atoms with van der Waals surface area (Å²) in [5.74, 6) is -0.647. The second-order valence-electron chi connectivity index (χ2n) is 5.72. The van der Waals surface area contributed by atoms with Gasteiger partial charge >= 0.3 is 5.97 Å². The number of nitrogens with one attached hydrogen (secondary N) is 1. The summed E-state index contributed by atoms with van der Waals surface area (Å²) < 4.78 is 32.9. The van der Waals surface area contributed by atoms with Crippen LogP contribution in [0.15, 0.2) is 47.4 Å². The molecule has 0 aliphatic heterocycles. The summed E-state index contributed by atoms with van der Waals surface area (Å²) in [5, 5.41) is 9.40. The molecule has 0 radical (unpaired) electrons. The van der Waals surface area contributed by atoms with E-state index in [0.29, 0.717) is 16.9 Å². The largest absolute Gasteiger partial charge is 0.496 e. The minimum atomic E-state index is -3.99. The molecule has 2 N–H and O–H groups in total. The summed E-state index contributed by atoms with van der Waals surface area (Å²) >= 11 is 0. The number of carboxylic acid groups (broad SMARTS) is 1. The maximum absolute atomic E-state index is 12.7. The molecule has 7 heteroatoms. The molecular formula is C18H21NO5S. The molecule has 0 aliphatic carbocycles. The average Bonchev–Trinajstić information content (AvgIpc) is 2.57. The number of carbonyl (C=O) groups is 1. The molecule has 0 aliphatic rings. The van der Waals surface area contributed by atoms with E-state index in [1.54, 1.807) is 44.2 Å². The zero-order valence-electron chi connectivity index (χ0n) is 14.3. The summed E-state index contributed by atoms with van der Waals surface area (Å²) in [5.41, 5.74) is 1.95. The Bertz CT molecular complexity index is 863. The molecule has 0 unspecified atom stereocenters. The molecule has 0 heterocycles. The van der Waals surface area contributed by atoms with Gasteiger partial charge in [0.15, 0.2) is 0 Å². The summed E-state index contributed by atoms with van der Waals surface area (Å²) in [4.78, 5) is 11.6. The van der Waals surface area contributed by atoms with E-state index in [1.807, 2.05) is 6.07 Å². The van der Waals surface area contributed by atoms with E-state index in [2.05, 4.69) is 4.72 Å². The highest BCUT2D eigenvalue weighted by Gasteiger charge is 2.27. The first-order valence-corrected chi connectivity index (χ1v) is 9.18. The van der Waals surface area contributed by atoms with E-state index in [4.69, 9.17) is 4.74 Å². The second-order valence-corrected chi connectivity index (χ2v) is 7.40. The monoisotopic (exact) mass is 363 g/mol. The van der Waals surface area contributed by atoms with E-state index in [9.17, 15) is 18.3 Å². The summed E-state index contributed by atoms with van der Waals surface area (Å²) in [6, 6.07) is 10.6. The minimum Gasteiger partial charge on any atom is -0.496 e. The molecule has 0 fully saturated rings. The zero-order valence-corrected chi connectivity index (χ0v) is 15.1. The molecule has 0 saturated heterocycles. The van der Waals surface area contributed by atoms with Crippen molar-refractivity contribution in [2.24, 2.45) is 0 Å². The van der Waals surface area contributed by atoms with Crippen LogP contribution in [0, 0.1) is 13.8 Å². The predicted molar refractivity (Wildman–Crippen MR) is 94.4 cm³/mol. The number of hydrogen-bond acceptors (Lipinski definition) is 4. The maximum Gasteiger partial charge on any atom is 0.322 e. The van der Waals surface area contributed by atoms with Gasteiger partial charge in [-0.1, -0.05) is 30.3 Å². The summed E-state index contributed by atoms with van der Waals surface area (Å²) in [6.07, 6.45) is 0.0591. The molecule has 0 aromatic heterocycles. The molecule has 6 nitrogen and oxygen atoms in total. The Hall–Kier alpha value is -2.38. The molecule has 0 saturated carbocycles. The van der Waals surface area contributed by atoms with E-state index < -0.39 is 22.0 Å². The Morgan fingerprint density at radius 2 is 1.76 bits per heavy atom. The third-order valence-corrected chi connectivity index (χ3v) is 5.69. The summed E-state index contributed by atoms with van der Waals surface area (Å²) in [6.45, 7) is 3.42. The van der Waals surface area contributed by atoms with Crippen molar-refractivity contribution in [3.63, 3.8) is 0 Å². The third kappa shape index (κ3) is 4.37. The number of methoxy groups -OCH3 is 1. The molecule has 0 spiro atoms. The first kappa shape index (κ1) is 19.0. The average molecular weight is 363 g/mol. The SMILES string of the molecule is COc1ccc(S(=O)(=O)N[C@H](Cc2ccccc2)C(=O)O)c(C)c1C. The fourth-order valence-corrected chi connectivity index (χ4v) is 4.05. The number of sulfonamides is 1. The van der Waals surface area contributed by atoms with Crippen molar-refractivity contribution >= 4 is 16.0 Å². The van der Waals surface area contributed by atoms with Crippen molar-refractivity contribution in [3.8, 4) is 5.75 Å². The van der Waals surface area contributed by atoms with Crippen LogP contribution in [-0.4, -0.2) is 32.6 Å². The number of carboxylic acids is 1. The Balaban J connectivity index is 2.32. The van der Waals surface area contributed by atoms with Crippen molar-refractivity contribution < 1.29 is 23.1 Å². The van der Waals surface area contributed by atoms with Crippen molar-refractivity contribution in [2.45, 2.75) is 31.2 Å². The quantitative estimate of drug-likeness (QED) is 0.787. The highest BCUT2D eigenvalue weighted by Crippen LogP contribution is 2.27. The Morgan fingerprint density at radius 3 is 2.32 bits per heavy atom. The van der Waals surface area contributed by atoms with Crippen LogP contribution in [0.25, 0.3) is 0 Å². The highest BCUT2D eigenvalue weighted by atomic mass is 32.2. The number of hydrogen-bond donors (Lipinski definition) is 2. The van der Waals surface area contributed by atoms with Gasteiger partial charge in [0.2, 0.25) is 10.0 Å². The fourth-order valence-electron chi connectivity index (χ4n) is 2.56. The Kier molecular flexibility index (Phi) is 5.81. The van der Waals surface area contributed by atoms with E-state index >= 15 is 0 Å². The van der Waals surface area contributed by atoms with Crippen LogP contribution in [0.2, 0.25) is 0 Å². The smallest absolute Gasteiger partial charge is 0.322 e. The van der Waals surface area contributed by atoms with Crippen LogP contribution in [0.1, 0.15) is 16.7 Å². The Labute approximate surface area is 147 Å². The van der Waals surface area contributed by atoms with E-state index in [0.717, 1.165) is 5.56 Å². The van der Waals surface area contributed by atoms with Crippen LogP contribution in [0.4, 0.5) is 0 Å². The molecule has 2 aromatic carbocycles. The van der Waals surface area contributed by atoms with Crippen molar-refractivity contribution in [2.75, 3.05) is 7.11 Å². The van der Waals surface area contributed by atoms with Crippen LogP contribution in [-0.2, 0) is 21.2 Å². The number of aliphatic carboxylic acids is 1. The summed E-state index contributed by atoms with van der Waals surface area (Å²) in [7, 11) is -2.48. The minimum absolute atomic E-state index is 0.0464. The van der Waals surface area contributed by atoms with Gasteiger partial charge in [-0.25, -0.2) is 8.42 Å². The molecule has 25 heavy (non-hydrogen) atoms. The molecule has 134 valence electrons. The van der Waals surface area contributed by atoms with Crippen LogP contribution >= 0.6 is 0 Å². The number of rotatable bonds is 7. The Morgan fingerprint density at radius 1 is 1.12 bits per heavy atom. The molecule has 2 aromatic rings. The van der Waals surface area contributed by atoms with E-state index in [1.165, 1.54) is 13.2 Å². The van der Waals surface area contributed by atoms with Gasteiger partial charge in [0, 0.05) is 0 Å². The standard InChI is InChI=1S/C18H21NO5S/c1-12-13(2)17(10-9-16(12)24-3)25(22,23)19-15(18(20)21)11-14-7-5-4-6-8-14/h4-10,15,19H,11H2,1-3H3,(H,20,21)/t15-/m1/s1. The van der Waals surface area contributed by atoms with Crippen molar-refractivity contribution in [1.29, 1.82) is 0 Å². The maximum atomic E-state index is 12.7. The van der Waals surface area contributed by atoms with Gasteiger partial charge in [-0.3, -0.25) is 4.79 Å². The molecule has 0 bridgehead atoms. The van der Waals surface area contributed by atoms with Gasteiger partial charge in [-0.2, -0.15) is 4.72 Å². The number of ether oxygens (including phenoxy) is 1. The van der Waals surface area contributed by atoms with Crippen LogP contribution in [0.5, 0.6) is 5.75 Å². The van der Waals surface area contributed by atoms with Gasteiger partial charge in [-0.15, -0.1) is 0 Å². The highest BCUT2D eigenvalue weighted by molar-refractivity contribution is 7.89. The lowest BCUT2D eigenvalue weighted by molar-refractivity contribution is -0.138. The van der Waals surface area contributed by atoms with Gasteiger partial charge in [0.25, 0.3) is 0 Å². The molecule has 1 atom stereocenters. The molecule has 0 amide bonds. The first-order chi connectivity index (χ1) is 11.8. The lowest BCUT2D eigenvalue weighted by atomic mass is 10.1. The van der Waals surface area contributed by atoms with Crippen LogP contribution in [0.3, 0.4) is 0 Å². The van der Waals surface area contributed by atoms with Gasteiger partial charge in [0.05, 0.1) is 12.0 Å². The second kappa shape index (κ2) is 7.67. The van der Waals surface area contributed by atoms with E-state index in [-0.39, 0.29) is 11.3 Å². The number of benzene rings is 2. The normalized spacial score (nSPS) is 12.6. The lowest BCUT2D eigenvalue weighted by Crippen LogP contribution is -2.42. The van der Waals surface area contributed by atoms with Gasteiger partial charge < -0.3 is 9.84 Å². The van der Waals surface area contributed by atoms with Gasteiger partial charge in [-0.05, 0) is 49.1 Å². The van der Waals surface area contributed by atoms with Crippen molar-refractivity contribution in [1.82, 2.24) is 4.72 Å². The molecule has 2 rings (SSSR count). The van der Waals surface area contributed by atoms with Gasteiger partial charge in [0.1, 0.15) is 11.8 Å². The predicted octanol–water partition coefficient (Wildman–Crippen LogP) is 2.29.